The Morgan fingerprint density at radius 3 is 2.21 bits per heavy atom. The molecule has 1 aliphatic rings. The Morgan fingerprint density at radius 1 is 1.04 bits per heavy atom. The van der Waals surface area contributed by atoms with Crippen LogP contribution >= 0.6 is 0 Å². The molecular formula is C21H24FN3O3. The van der Waals surface area contributed by atoms with Gasteiger partial charge in [-0.15, -0.1) is 0 Å². The molecule has 2 aromatic carbocycles. The number of halogens is 1. The van der Waals surface area contributed by atoms with E-state index in [2.05, 4.69) is 9.80 Å². The number of amides is 1. The molecular weight excluding hydrogens is 361 g/mol. The second kappa shape index (κ2) is 8.84. The van der Waals surface area contributed by atoms with E-state index in [1.165, 1.54) is 17.0 Å². The zero-order valence-electron chi connectivity index (χ0n) is 15.8. The number of piperazine rings is 1. The fourth-order valence-corrected chi connectivity index (χ4v) is 3.44. The number of carbonyl (C=O) groups excluding carboxylic acids is 1. The molecule has 0 aromatic heterocycles. The number of carboxylic acid groups (broad SMARTS) is 1. The van der Waals surface area contributed by atoms with E-state index in [0.717, 1.165) is 5.69 Å². The van der Waals surface area contributed by atoms with Crippen molar-refractivity contribution >= 4 is 23.3 Å². The predicted molar refractivity (Wildman–Crippen MR) is 106 cm³/mol. The Morgan fingerprint density at radius 2 is 1.64 bits per heavy atom. The first-order valence-corrected chi connectivity index (χ1v) is 9.28. The molecule has 1 N–H and O–H groups in total. The maximum atomic E-state index is 13.1. The Hall–Kier alpha value is -2.93. The van der Waals surface area contributed by atoms with E-state index >= 15 is 0 Å². The number of para-hydroxylation sites is 1. The number of nitrogens with zero attached hydrogens (tertiary/aromatic N) is 3. The summed E-state index contributed by atoms with van der Waals surface area (Å²) >= 11 is 0. The van der Waals surface area contributed by atoms with Gasteiger partial charge in [-0.05, 0) is 43.3 Å². The van der Waals surface area contributed by atoms with Gasteiger partial charge in [0.2, 0.25) is 5.91 Å². The van der Waals surface area contributed by atoms with Gasteiger partial charge in [-0.2, -0.15) is 0 Å². The highest BCUT2D eigenvalue weighted by atomic mass is 19.1. The number of rotatable bonds is 6. The lowest BCUT2D eigenvalue weighted by Crippen LogP contribution is -2.55. The molecule has 1 atom stereocenters. The first-order chi connectivity index (χ1) is 13.5. The molecule has 148 valence electrons. The predicted octanol–water partition coefficient (Wildman–Crippen LogP) is 2.45. The van der Waals surface area contributed by atoms with Crippen LogP contribution in [0.4, 0.5) is 15.8 Å². The molecule has 0 bridgehead atoms. The number of hydrogen-bond acceptors (Lipinski definition) is 4. The lowest BCUT2D eigenvalue weighted by molar-refractivity contribution is -0.137. The van der Waals surface area contributed by atoms with E-state index in [4.69, 9.17) is 0 Å². The summed E-state index contributed by atoms with van der Waals surface area (Å²) in [6, 6.07) is 14.8. The van der Waals surface area contributed by atoms with Crippen LogP contribution < -0.4 is 9.80 Å². The smallest absolute Gasteiger partial charge is 0.323 e. The fraction of sp³-hybridized carbons (Fsp3) is 0.333. The van der Waals surface area contributed by atoms with Crippen LogP contribution in [0.25, 0.3) is 0 Å². The minimum Gasteiger partial charge on any atom is -0.480 e. The van der Waals surface area contributed by atoms with Crippen LogP contribution in [0.15, 0.2) is 54.6 Å². The summed E-state index contributed by atoms with van der Waals surface area (Å²) in [5, 5.41) is 9.23. The van der Waals surface area contributed by atoms with Gasteiger partial charge in [0.15, 0.2) is 0 Å². The van der Waals surface area contributed by atoms with Crippen LogP contribution in [0.2, 0.25) is 0 Å². The number of anilines is 2. The Labute approximate surface area is 163 Å². The molecule has 0 aliphatic carbocycles. The monoisotopic (exact) mass is 385 g/mol. The minimum absolute atomic E-state index is 0.233. The van der Waals surface area contributed by atoms with Gasteiger partial charge in [0.05, 0.1) is 6.04 Å². The molecule has 0 spiro atoms. The highest BCUT2D eigenvalue weighted by molar-refractivity contribution is 6.00. The van der Waals surface area contributed by atoms with Crippen molar-refractivity contribution in [1.29, 1.82) is 0 Å². The van der Waals surface area contributed by atoms with Gasteiger partial charge >= 0.3 is 5.97 Å². The summed E-state index contributed by atoms with van der Waals surface area (Å²) in [5.74, 6) is -1.55. The molecule has 1 saturated heterocycles. The Kier molecular flexibility index (Phi) is 6.26. The van der Waals surface area contributed by atoms with Gasteiger partial charge in [-0.3, -0.25) is 19.4 Å². The van der Waals surface area contributed by atoms with E-state index in [1.807, 2.05) is 13.0 Å². The standard InChI is InChI=1S/C21H24FN3O3/c1-16(21(28)25(15-20(26)27)19-5-3-2-4-6-19)23-11-13-24(14-12-23)18-9-7-17(22)8-10-18/h2-10,16H,11-15H2,1H3,(H,26,27). The number of benzene rings is 2. The van der Waals surface area contributed by atoms with E-state index in [9.17, 15) is 19.1 Å². The fourth-order valence-electron chi connectivity index (χ4n) is 3.44. The Balaban J connectivity index is 1.65. The zero-order chi connectivity index (χ0) is 20.1. The van der Waals surface area contributed by atoms with Gasteiger partial charge in [-0.1, -0.05) is 18.2 Å². The zero-order valence-corrected chi connectivity index (χ0v) is 15.8. The lowest BCUT2D eigenvalue weighted by atomic mass is 10.1. The average Bonchev–Trinajstić information content (AvgIpc) is 2.72. The van der Waals surface area contributed by atoms with E-state index in [1.54, 1.807) is 36.4 Å². The first-order valence-electron chi connectivity index (χ1n) is 9.28. The molecule has 1 fully saturated rings. The highest BCUT2D eigenvalue weighted by Gasteiger charge is 2.30. The van der Waals surface area contributed by atoms with Gasteiger partial charge < -0.3 is 10.0 Å². The summed E-state index contributed by atoms with van der Waals surface area (Å²) in [6.07, 6.45) is 0. The molecule has 28 heavy (non-hydrogen) atoms. The summed E-state index contributed by atoms with van der Waals surface area (Å²) in [7, 11) is 0. The van der Waals surface area contributed by atoms with Gasteiger partial charge in [0.25, 0.3) is 0 Å². The third-order valence-corrected chi connectivity index (χ3v) is 5.04. The van der Waals surface area contributed by atoms with Crippen LogP contribution in [-0.4, -0.2) is 60.6 Å². The van der Waals surface area contributed by atoms with Crippen LogP contribution in [0.5, 0.6) is 0 Å². The number of aliphatic carboxylic acids is 1. The van der Waals surface area contributed by atoms with Gasteiger partial charge in [-0.25, -0.2) is 4.39 Å². The molecule has 1 amide bonds. The molecule has 6 nitrogen and oxygen atoms in total. The van der Waals surface area contributed by atoms with Gasteiger partial charge in [0, 0.05) is 37.6 Å². The normalized spacial score (nSPS) is 15.9. The maximum absolute atomic E-state index is 13.1. The second-order valence-electron chi connectivity index (χ2n) is 6.83. The summed E-state index contributed by atoms with van der Waals surface area (Å²) < 4.78 is 13.1. The van der Waals surface area contributed by atoms with Crippen molar-refractivity contribution in [3.05, 3.63) is 60.4 Å². The SMILES string of the molecule is CC(C(=O)N(CC(=O)O)c1ccccc1)N1CCN(c2ccc(F)cc2)CC1. The second-order valence-corrected chi connectivity index (χ2v) is 6.83. The van der Waals surface area contributed by atoms with Crippen molar-refractivity contribution in [2.75, 3.05) is 42.5 Å². The minimum atomic E-state index is -1.05. The molecule has 1 aliphatic heterocycles. The highest BCUT2D eigenvalue weighted by Crippen LogP contribution is 2.20. The average molecular weight is 385 g/mol. The number of carboxylic acids is 1. The van der Waals surface area contributed by atoms with Crippen molar-refractivity contribution in [3.63, 3.8) is 0 Å². The van der Waals surface area contributed by atoms with E-state index in [-0.39, 0.29) is 18.3 Å². The van der Waals surface area contributed by atoms with Crippen LogP contribution in [0.1, 0.15) is 6.92 Å². The lowest BCUT2D eigenvalue weighted by Gasteiger charge is -2.39. The van der Waals surface area contributed by atoms with Crippen molar-refractivity contribution in [3.8, 4) is 0 Å². The molecule has 1 unspecified atom stereocenters. The maximum Gasteiger partial charge on any atom is 0.323 e. The molecule has 7 heteroatoms. The summed E-state index contributed by atoms with van der Waals surface area (Å²) in [5.41, 5.74) is 1.53. The van der Waals surface area contributed by atoms with Crippen LogP contribution in [0.3, 0.4) is 0 Å². The van der Waals surface area contributed by atoms with Crippen molar-refractivity contribution < 1.29 is 19.1 Å². The number of hydrogen-bond donors (Lipinski definition) is 1. The molecule has 2 aromatic rings. The topological polar surface area (TPSA) is 64.1 Å². The quantitative estimate of drug-likeness (QED) is 0.828. The van der Waals surface area contributed by atoms with Gasteiger partial charge in [0.1, 0.15) is 12.4 Å². The third kappa shape index (κ3) is 4.67. The molecule has 3 rings (SSSR count). The van der Waals surface area contributed by atoms with E-state index < -0.39 is 12.0 Å². The first kappa shape index (κ1) is 19.8. The summed E-state index contributed by atoms with van der Waals surface area (Å²) in [6.45, 7) is 4.21. The van der Waals surface area contributed by atoms with Crippen LogP contribution in [-0.2, 0) is 9.59 Å². The van der Waals surface area contributed by atoms with Crippen molar-refractivity contribution in [1.82, 2.24) is 4.90 Å². The Bertz CT molecular complexity index is 805. The van der Waals surface area contributed by atoms with Crippen molar-refractivity contribution in [2.24, 2.45) is 0 Å². The molecule has 0 radical (unpaired) electrons. The van der Waals surface area contributed by atoms with E-state index in [0.29, 0.717) is 31.9 Å². The molecule has 0 saturated carbocycles. The largest absolute Gasteiger partial charge is 0.480 e. The third-order valence-electron chi connectivity index (χ3n) is 5.04. The summed E-state index contributed by atoms with van der Waals surface area (Å²) in [4.78, 5) is 29.8. The van der Waals surface area contributed by atoms with Crippen molar-refractivity contribution in [2.45, 2.75) is 13.0 Å². The van der Waals surface area contributed by atoms with Crippen LogP contribution in [0, 0.1) is 5.82 Å². The number of carbonyl (C=O) groups is 2. The molecule has 1 heterocycles.